The minimum absolute atomic E-state index is 0. The first kappa shape index (κ1) is 12700. The smallest absolute Gasteiger partial charge is 0 e. The monoisotopic (exact) mass is 226 g/mol. The first-order chi connectivity index (χ1) is 0. The van der Waals surface area contributed by atoms with Crippen LogP contribution in [0.1, 0.15) is 0 Å². The zero-order valence-electron chi connectivity index (χ0n) is 5.21. The van der Waals surface area contributed by atoms with Crippen LogP contribution >= 0.6 is 0 Å². The van der Waals surface area contributed by atoms with Crippen LogP contribution < -0.4 is 0 Å². The van der Waals surface area contributed by atoms with Crippen molar-refractivity contribution in [3.8, 4) is 0 Å². The molecule has 0 aliphatic heterocycles. The molecule has 10 heteroatoms. The second-order valence-corrected chi connectivity index (χ2v) is 0. The Bertz CT molecular complexity index is 4.69. The summed E-state index contributed by atoms with van der Waals surface area (Å²) in [6, 6.07) is 0. The van der Waals surface area contributed by atoms with Gasteiger partial charge in [0.15, 0.2) is 0 Å². The van der Waals surface area contributed by atoms with Gasteiger partial charge in [0.2, 0.25) is 0 Å². The predicted octanol–water partition coefficient (Wildman–Crippen LogP) is -7.42. The second kappa shape index (κ2) is 9120. The molecule has 0 fully saturated rings. The Labute approximate surface area is 69.6 Å². The van der Waals surface area contributed by atoms with Gasteiger partial charge in [0.25, 0.3) is 0 Å². The summed E-state index contributed by atoms with van der Waals surface area (Å²) in [4.78, 5) is 0. The van der Waals surface area contributed by atoms with Crippen molar-refractivity contribution in [1.29, 1.82) is 0 Å². The standard InChI is InChI=1S/9H2O.Zn/h9*1H2;. The third-order valence-corrected chi connectivity index (χ3v) is 0. The van der Waals surface area contributed by atoms with Crippen molar-refractivity contribution >= 4 is 0 Å². The van der Waals surface area contributed by atoms with Gasteiger partial charge in [0.1, 0.15) is 0 Å². The molecule has 10 heavy (non-hydrogen) atoms. The van der Waals surface area contributed by atoms with Gasteiger partial charge in [-0.15, -0.1) is 0 Å². The van der Waals surface area contributed by atoms with Crippen LogP contribution in [-0.4, -0.2) is 49.3 Å². The van der Waals surface area contributed by atoms with E-state index in [1.165, 1.54) is 0 Å². The van der Waals surface area contributed by atoms with Gasteiger partial charge < -0.3 is 49.3 Å². The first-order valence-corrected chi connectivity index (χ1v) is 0. The maximum atomic E-state index is 0. The molecule has 0 atom stereocenters. The summed E-state index contributed by atoms with van der Waals surface area (Å²) in [6.45, 7) is 0. The van der Waals surface area contributed by atoms with Gasteiger partial charge in [0, 0.05) is 19.5 Å². The van der Waals surface area contributed by atoms with Crippen LogP contribution in [0.2, 0.25) is 0 Å². The molecule has 74 valence electrons. The Morgan fingerprint density at radius 1 is 0.200 bits per heavy atom. The van der Waals surface area contributed by atoms with Crippen LogP contribution in [0, 0.1) is 0 Å². The van der Waals surface area contributed by atoms with Gasteiger partial charge in [-0.2, -0.15) is 0 Å². The van der Waals surface area contributed by atoms with Crippen LogP contribution in [0.4, 0.5) is 0 Å². The minimum atomic E-state index is 0. The molecule has 0 aliphatic rings. The van der Waals surface area contributed by atoms with E-state index in [1.54, 1.807) is 0 Å². The summed E-state index contributed by atoms with van der Waals surface area (Å²) in [7, 11) is 0. The third kappa shape index (κ3) is 6280. The van der Waals surface area contributed by atoms with Gasteiger partial charge in [-0.3, -0.25) is 0 Å². The minimum Gasteiger partial charge on any atom is -0.412 e. The quantitative estimate of drug-likeness (QED) is 0.348. The third-order valence-electron chi connectivity index (χ3n) is 0. The molecule has 9 nitrogen and oxygen atoms in total. The van der Waals surface area contributed by atoms with E-state index in [1.807, 2.05) is 0 Å². The van der Waals surface area contributed by atoms with Gasteiger partial charge >= 0.3 is 0 Å². The van der Waals surface area contributed by atoms with Crippen LogP contribution in [0.3, 0.4) is 0 Å². The summed E-state index contributed by atoms with van der Waals surface area (Å²) in [6.07, 6.45) is 0. The molecular weight excluding hydrogens is 209 g/mol. The fourth-order valence-corrected chi connectivity index (χ4v) is 0. The number of hydrogen-bond acceptors (Lipinski definition) is 0. The SMILES string of the molecule is O.O.O.O.O.O.O.O.O.[Zn]. The summed E-state index contributed by atoms with van der Waals surface area (Å²) in [5.74, 6) is 0. The molecule has 0 aliphatic carbocycles. The van der Waals surface area contributed by atoms with Crippen LogP contribution in [0.15, 0.2) is 0 Å². The van der Waals surface area contributed by atoms with Crippen molar-refractivity contribution in [2.24, 2.45) is 0 Å². The van der Waals surface area contributed by atoms with E-state index in [4.69, 9.17) is 0 Å². The molecule has 0 aromatic rings. The predicted molar refractivity (Wildman–Crippen MR) is 32.5 cm³/mol. The van der Waals surface area contributed by atoms with E-state index in [2.05, 4.69) is 0 Å². The van der Waals surface area contributed by atoms with E-state index < -0.39 is 0 Å². The molecule has 0 heterocycles. The van der Waals surface area contributed by atoms with E-state index >= 15 is 0 Å². The molecule has 18 N–H and O–H groups in total. The molecule has 0 spiro atoms. The van der Waals surface area contributed by atoms with Crippen molar-refractivity contribution < 1.29 is 68.8 Å². The van der Waals surface area contributed by atoms with Crippen LogP contribution in [0.25, 0.3) is 0 Å². The van der Waals surface area contributed by atoms with Crippen LogP contribution in [-0.2, 0) is 19.5 Å². The molecule has 0 unspecified atom stereocenters. The number of rotatable bonds is 0. The molecule has 0 bridgehead atoms. The van der Waals surface area contributed by atoms with Crippen molar-refractivity contribution in [3.05, 3.63) is 0 Å². The second-order valence-electron chi connectivity index (χ2n) is 0. The van der Waals surface area contributed by atoms with Crippen molar-refractivity contribution in [1.82, 2.24) is 0 Å². The Morgan fingerprint density at radius 2 is 0.200 bits per heavy atom. The van der Waals surface area contributed by atoms with Crippen molar-refractivity contribution in [2.45, 2.75) is 0 Å². The van der Waals surface area contributed by atoms with Crippen molar-refractivity contribution in [2.75, 3.05) is 0 Å². The van der Waals surface area contributed by atoms with E-state index in [-0.39, 0.29) is 68.8 Å². The van der Waals surface area contributed by atoms with Gasteiger partial charge in [-0.1, -0.05) is 0 Å². The van der Waals surface area contributed by atoms with Gasteiger partial charge in [-0.25, -0.2) is 0 Å². The molecule has 0 radical (unpaired) electrons. The Balaban J connectivity index is 0. The Morgan fingerprint density at radius 3 is 0.200 bits per heavy atom. The number of hydrogen-bond donors (Lipinski definition) is 0. The molecule has 0 amide bonds. The Hall–Kier alpha value is 0.263. The molecular formula is H18O9Zn. The zero-order chi connectivity index (χ0) is 0. The normalized spacial score (nSPS) is 0. The molecule has 0 saturated carbocycles. The van der Waals surface area contributed by atoms with E-state index in [9.17, 15) is 0 Å². The summed E-state index contributed by atoms with van der Waals surface area (Å²) in [5.41, 5.74) is 0. The van der Waals surface area contributed by atoms with Gasteiger partial charge in [0.05, 0.1) is 0 Å². The maximum Gasteiger partial charge on any atom is 0 e. The molecule has 0 saturated heterocycles. The van der Waals surface area contributed by atoms with Gasteiger partial charge in [-0.05, 0) is 0 Å². The van der Waals surface area contributed by atoms with Crippen LogP contribution in [0.5, 0.6) is 0 Å². The topological polar surface area (TPSA) is 284 Å². The Kier molecular flexibility index (Phi) is 11600000. The summed E-state index contributed by atoms with van der Waals surface area (Å²) < 4.78 is 0. The largest absolute Gasteiger partial charge is 0.412 e. The average Bonchev–Trinajstić information content (AvgIpc) is 0. The fourth-order valence-electron chi connectivity index (χ4n) is 0. The summed E-state index contributed by atoms with van der Waals surface area (Å²) in [5, 5.41) is 0. The van der Waals surface area contributed by atoms with E-state index in [0.29, 0.717) is 0 Å². The average molecular weight is 228 g/mol. The first-order valence-electron chi connectivity index (χ1n) is 0. The molecule has 0 aromatic carbocycles. The summed E-state index contributed by atoms with van der Waals surface area (Å²) >= 11 is 0. The van der Waals surface area contributed by atoms with E-state index in [0.717, 1.165) is 0 Å². The molecule has 0 rings (SSSR count). The molecule has 0 aromatic heterocycles. The van der Waals surface area contributed by atoms with Crippen molar-refractivity contribution in [3.63, 3.8) is 0 Å². The zero-order valence-corrected chi connectivity index (χ0v) is 8.17. The maximum absolute atomic E-state index is 0. The fraction of sp³-hybridized carbons (Fsp3) is 0.